The Labute approximate surface area is 245 Å². The Morgan fingerprint density at radius 2 is 1.43 bits per heavy atom. The van der Waals surface area contributed by atoms with E-state index >= 15 is 0 Å². The van der Waals surface area contributed by atoms with Crippen LogP contribution in [0.25, 0.3) is 0 Å². The van der Waals surface area contributed by atoms with Crippen LogP contribution in [0.2, 0.25) is 0 Å². The predicted octanol–water partition coefficient (Wildman–Crippen LogP) is 5.66. The predicted molar refractivity (Wildman–Crippen MR) is 159 cm³/mol. The van der Waals surface area contributed by atoms with Crippen molar-refractivity contribution in [3.8, 4) is 5.75 Å². The molecule has 1 saturated heterocycles. The zero-order chi connectivity index (χ0) is 29.1. The van der Waals surface area contributed by atoms with Gasteiger partial charge in [-0.2, -0.15) is 0 Å². The maximum atomic E-state index is 14.5. The van der Waals surface area contributed by atoms with Crippen molar-refractivity contribution in [1.82, 2.24) is 14.7 Å². The van der Waals surface area contributed by atoms with Gasteiger partial charge in [0.15, 0.2) is 0 Å². The third kappa shape index (κ3) is 5.65. The first-order chi connectivity index (χ1) is 20.5. The van der Waals surface area contributed by atoms with Gasteiger partial charge in [0, 0.05) is 44.8 Å². The van der Waals surface area contributed by atoms with Gasteiger partial charge in [0.25, 0.3) is 5.91 Å². The van der Waals surface area contributed by atoms with E-state index in [0.717, 1.165) is 36.3 Å². The summed E-state index contributed by atoms with van der Waals surface area (Å²) in [5, 5.41) is 0. The molecule has 0 N–H and O–H groups in total. The lowest BCUT2D eigenvalue weighted by Crippen LogP contribution is -2.53. The van der Waals surface area contributed by atoms with E-state index in [1.165, 1.54) is 17.7 Å². The number of benzene rings is 4. The molecule has 2 heterocycles. The summed E-state index contributed by atoms with van der Waals surface area (Å²) in [5.41, 5.74) is 4.18. The highest BCUT2D eigenvalue weighted by Crippen LogP contribution is 2.45. The minimum absolute atomic E-state index is 0.0132. The van der Waals surface area contributed by atoms with Crippen molar-refractivity contribution < 1.29 is 18.7 Å². The summed E-state index contributed by atoms with van der Waals surface area (Å²) in [6, 6.07) is 31.0. The normalized spacial score (nSPS) is 19.0. The zero-order valence-corrected chi connectivity index (χ0v) is 23.7. The van der Waals surface area contributed by atoms with Crippen LogP contribution in [0.1, 0.15) is 44.6 Å². The minimum Gasteiger partial charge on any atom is -0.497 e. The lowest BCUT2D eigenvalue weighted by Gasteiger charge is -2.44. The first kappa shape index (κ1) is 27.7. The topological polar surface area (TPSA) is 53.1 Å². The van der Waals surface area contributed by atoms with Gasteiger partial charge in [-0.25, -0.2) is 4.39 Å². The summed E-state index contributed by atoms with van der Waals surface area (Å²) in [6.45, 7) is 3.89. The van der Waals surface area contributed by atoms with Crippen molar-refractivity contribution in [2.24, 2.45) is 0 Å². The highest BCUT2D eigenvalue weighted by atomic mass is 19.1. The second-order valence-corrected chi connectivity index (χ2v) is 10.9. The molecule has 0 aliphatic carbocycles. The number of amides is 2. The van der Waals surface area contributed by atoms with Crippen molar-refractivity contribution in [1.29, 1.82) is 0 Å². The fraction of sp³-hybridized carbons (Fsp3) is 0.257. The molecule has 0 radical (unpaired) electrons. The van der Waals surface area contributed by atoms with E-state index in [4.69, 9.17) is 4.74 Å². The van der Waals surface area contributed by atoms with Crippen LogP contribution >= 0.6 is 0 Å². The molecule has 2 atom stereocenters. The molecule has 7 heteroatoms. The molecule has 6 rings (SSSR count). The standard InChI is InChI=1S/C35H34FN3O3/c1-42-29-17-13-27(14-18-29)33-32(35(41)38-21-19-37(20-22-38)23-25-7-3-2-4-8-25)30-9-5-6-10-31(30)34(40)39(33)24-26-11-15-28(36)16-12-26/h2-18,32-33H,19-24H2,1H3. The van der Waals surface area contributed by atoms with Gasteiger partial charge in [-0.05, 0) is 52.6 Å². The molecular formula is C35H34FN3O3. The Bertz CT molecular complexity index is 1530. The van der Waals surface area contributed by atoms with Crippen LogP contribution in [0.15, 0.2) is 103 Å². The number of piperazine rings is 1. The lowest BCUT2D eigenvalue weighted by molar-refractivity contribution is -0.136. The van der Waals surface area contributed by atoms with E-state index in [2.05, 4.69) is 17.0 Å². The molecule has 2 unspecified atom stereocenters. The second kappa shape index (κ2) is 12.2. The SMILES string of the molecule is COc1ccc(C2C(C(=O)N3CCN(Cc4ccccc4)CC3)c3ccccc3C(=O)N2Cc2ccc(F)cc2)cc1. The number of halogens is 1. The number of methoxy groups -OCH3 is 1. The third-order valence-electron chi connectivity index (χ3n) is 8.36. The number of hydrogen-bond donors (Lipinski definition) is 0. The molecule has 0 saturated carbocycles. The number of nitrogens with zero attached hydrogens (tertiary/aromatic N) is 3. The summed E-state index contributed by atoms with van der Waals surface area (Å²) >= 11 is 0. The van der Waals surface area contributed by atoms with Crippen LogP contribution in [-0.2, 0) is 17.9 Å². The Morgan fingerprint density at radius 1 is 0.786 bits per heavy atom. The lowest BCUT2D eigenvalue weighted by atomic mass is 9.78. The maximum absolute atomic E-state index is 14.5. The number of carbonyl (C=O) groups excluding carboxylic acids is 2. The first-order valence-corrected chi connectivity index (χ1v) is 14.3. The molecule has 4 aromatic carbocycles. The molecule has 0 aromatic heterocycles. The second-order valence-electron chi connectivity index (χ2n) is 10.9. The van der Waals surface area contributed by atoms with Crippen LogP contribution < -0.4 is 4.74 Å². The molecule has 2 amide bonds. The van der Waals surface area contributed by atoms with Crippen molar-refractivity contribution in [3.05, 3.63) is 137 Å². The molecule has 42 heavy (non-hydrogen) atoms. The Morgan fingerprint density at radius 3 is 2.12 bits per heavy atom. The largest absolute Gasteiger partial charge is 0.497 e. The molecule has 0 bridgehead atoms. The van der Waals surface area contributed by atoms with Gasteiger partial charge < -0.3 is 14.5 Å². The zero-order valence-electron chi connectivity index (χ0n) is 23.7. The highest BCUT2D eigenvalue weighted by Gasteiger charge is 2.45. The van der Waals surface area contributed by atoms with Crippen LogP contribution in [0, 0.1) is 5.82 Å². The van der Waals surface area contributed by atoms with E-state index in [9.17, 15) is 14.0 Å². The van der Waals surface area contributed by atoms with Crippen molar-refractivity contribution >= 4 is 11.8 Å². The van der Waals surface area contributed by atoms with Crippen LogP contribution in [0.5, 0.6) is 5.75 Å². The van der Waals surface area contributed by atoms with E-state index in [1.54, 1.807) is 30.2 Å². The molecule has 0 spiro atoms. The highest BCUT2D eigenvalue weighted by molar-refractivity contribution is 6.01. The number of carbonyl (C=O) groups is 2. The van der Waals surface area contributed by atoms with Gasteiger partial charge in [0.05, 0.1) is 19.1 Å². The maximum Gasteiger partial charge on any atom is 0.255 e. The Kier molecular flexibility index (Phi) is 8.02. The fourth-order valence-electron chi connectivity index (χ4n) is 6.16. The average molecular weight is 564 g/mol. The van der Waals surface area contributed by atoms with Crippen LogP contribution in [0.4, 0.5) is 4.39 Å². The van der Waals surface area contributed by atoms with Crippen molar-refractivity contribution in [2.75, 3.05) is 33.3 Å². The molecule has 1 fully saturated rings. The van der Waals surface area contributed by atoms with Gasteiger partial charge in [0.2, 0.25) is 5.91 Å². The molecule has 2 aliphatic rings. The molecule has 2 aliphatic heterocycles. The number of ether oxygens (including phenoxy) is 1. The number of hydrogen-bond acceptors (Lipinski definition) is 4. The number of rotatable bonds is 7. The Balaban J connectivity index is 1.34. The summed E-state index contributed by atoms with van der Waals surface area (Å²) in [7, 11) is 1.61. The molecular weight excluding hydrogens is 529 g/mol. The van der Waals surface area contributed by atoms with E-state index < -0.39 is 12.0 Å². The van der Waals surface area contributed by atoms with Crippen molar-refractivity contribution in [2.45, 2.75) is 25.0 Å². The van der Waals surface area contributed by atoms with Gasteiger partial charge in [-0.1, -0.05) is 72.8 Å². The molecule has 214 valence electrons. The quantitative estimate of drug-likeness (QED) is 0.291. The van der Waals surface area contributed by atoms with E-state index in [0.29, 0.717) is 24.4 Å². The fourth-order valence-corrected chi connectivity index (χ4v) is 6.16. The summed E-state index contributed by atoms with van der Waals surface area (Å²) < 4.78 is 19.1. The van der Waals surface area contributed by atoms with E-state index in [1.807, 2.05) is 65.6 Å². The van der Waals surface area contributed by atoms with Crippen LogP contribution in [0.3, 0.4) is 0 Å². The summed E-state index contributed by atoms with van der Waals surface area (Å²) in [6.07, 6.45) is 0. The molecule has 6 nitrogen and oxygen atoms in total. The van der Waals surface area contributed by atoms with E-state index in [-0.39, 0.29) is 24.2 Å². The third-order valence-corrected chi connectivity index (χ3v) is 8.36. The average Bonchev–Trinajstić information content (AvgIpc) is 3.04. The summed E-state index contributed by atoms with van der Waals surface area (Å²) in [4.78, 5) is 34.7. The van der Waals surface area contributed by atoms with Crippen molar-refractivity contribution in [3.63, 3.8) is 0 Å². The van der Waals surface area contributed by atoms with Crippen LogP contribution in [-0.4, -0.2) is 59.8 Å². The minimum atomic E-state index is -0.589. The molecule has 4 aromatic rings. The smallest absolute Gasteiger partial charge is 0.255 e. The van der Waals surface area contributed by atoms with Gasteiger partial charge >= 0.3 is 0 Å². The first-order valence-electron chi connectivity index (χ1n) is 14.3. The monoisotopic (exact) mass is 563 g/mol. The Hall–Kier alpha value is -4.49. The van der Waals surface area contributed by atoms with Gasteiger partial charge in [-0.3, -0.25) is 14.5 Å². The van der Waals surface area contributed by atoms with Gasteiger partial charge in [0.1, 0.15) is 11.6 Å². The number of fused-ring (bicyclic) bond motifs is 1. The van der Waals surface area contributed by atoms with Gasteiger partial charge in [-0.15, -0.1) is 0 Å². The summed E-state index contributed by atoms with van der Waals surface area (Å²) in [5.74, 6) is -0.357.